The number of benzene rings is 7. The minimum atomic E-state index is -0.846. The molecule has 0 unspecified atom stereocenters. The maximum absolute atomic E-state index is 15.0. The van der Waals surface area contributed by atoms with Crippen LogP contribution in [0, 0.1) is 11.6 Å². The van der Waals surface area contributed by atoms with E-state index in [0.29, 0.717) is 11.1 Å². The molecule has 1 aliphatic rings. The summed E-state index contributed by atoms with van der Waals surface area (Å²) in [7, 11) is 0. The van der Waals surface area contributed by atoms with Crippen LogP contribution < -0.4 is 0 Å². The van der Waals surface area contributed by atoms with Crippen molar-refractivity contribution in [3.05, 3.63) is 144 Å². The second kappa shape index (κ2) is 8.59. The summed E-state index contributed by atoms with van der Waals surface area (Å²) < 4.78 is 29.9. The molecular weight excluding hydrogens is 506 g/mol. The summed E-state index contributed by atoms with van der Waals surface area (Å²) in [5, 5.41) is 6.76. The zero-order valence-corrected chi connectivity index (χ0v) is 22.8. The highest BCUT2D eigenvalue weighted by Crippen LogP contribution is 2.52. The van der Waals surface area contributed by atoms with Gasteiger partial charge in [0, 0.05) is 5.41 Å². The Bertz CT molecular complexity index is 2200. The fourth-order valence-corrected chi connectivity index (χ4v) is 6.96. The molecule has 0 aromatic heterocycles. The Morgan fingerprint density at radius 3 is 1.85 bits per heavy atom. The number of rotatable bonds is 2. The monoisotopic (exact) mass is 532 g/mol. The third-order valence-electron chi connectivity index (χ3n) is 8.99. The van der Waals surface area contributed by atoms with E-state index in [9.17, 15) is 8.78 Å². The first-order chi connectivity index (χ1) is 19.9. The summed E-state index contributed by atoms with van der Waals surface area (Å²) in [5.74, 6) is -1.69. The first kappa shape index (κ1) is 24.0. The van der Waals surface area contributed by atoms with Crippen molar-refractivity contribution >= 4 is 32.3 Å². The lowest BCUT2D eigenvalue weighted by molar-refractivity contribution is 0.509. The van der Waals surface area contributed by atoms with Crippen molar-refractivity contribution in [2.75, 3.05) is 0 Å². The second-order valence-corrected chi connectivity index (χ2v) is 11.6. The molecule has 0 amide bonds. The van der Waals surface area contributed by atoms with Crippen LogP contribution in [0.1, 0.15) is 25.0 Å². The SMILES string of the molecule is CC1(C)c2cc(-c3cc(F)c(F)cc3-c3cc4ccccc4c4ccccc34)ccc2-c2c1ccc1ccccc21. The van der Waals surface area contributed by atoms with Crippen molar-refractivity contribution in [2.45, 2.75) is 19.3 Å². The smallest absolute Gasteiger partial charge is 0.159 e. The van der Waals surface area contributed by atoms with Crippen LogP contribution in [0.3, 0.4) is 0 Å². The molecule has 0 saturated heterocycles. The van der Waals surface area contributed by atoms with E-state index in [-0.39, 0.29) is 5.41 Å². The molecule has 0 nitrogen and oxygen atoms in total. The van der Waals surface area contributed by atoms with E-state index in [1.807, 2.05) is 24.3 Å². The number of hydrogen-bond acceptors (Lipinski definition) is 0. The summed E-state index contributed by atoms with van der Waals surface area (Å²) in [4.78, 5) is 0. The minimum Gasteiger partial charge on any atom is -0.204 e. The van der Waals surface area contributed by atoms with Gasteiger partial charge in [0.05, 0.1) is 0 Å². The summed E-state index contributed by atoms with van der Waals surface area (Å²) in [6.45, 7) is 4.50. The van der Waals surface area contributed by atoms with Gasteiger partial charge in [-0.25, -0.2) is 8.78 Å². The largest absolute Gasteiger partial charge is 0.204 e. The van der Waals surface area contributed by atoms with Crippen molar-refractivity contribution in [3.8, 4) is 33.4 Å². The fraction of sp³-hybridized carbons (Fsp3) is 0.0769. The van der Waals surface area contributed by atoms with Gasteiger partial charge in [0.15, 0.2) is 11.6 Å². The standard InChI is InChI=1S/C39H26F2/c1-39(2)34-18-16-23-9-3-6-12-27(23)38(34)30-17-15-25(20-35(30)39)31-21-36(40)37(41)22-33(31)32-19-24-10-4-5-11-26(24)28-13-7-8-14-29(28)32/h3-22H,1-2H3. The van der Waals surface area contributed by atoms with E-state index in [1.54, 1.807) is 0 Å². The van der Waals surface area contributed by atoms with Gasteiger partial charge in [0.1, 0.15) is 0 Å². The third kappa shape index (κ3) is 3.44. The average Bonchev–Trinajstić information content (AvgIpc) is 3.24. The van der Waals surface area contributed by atoms with Gasteiger partial charge >= 0.3 is 0 Å². The molecule has 0 aliphatic heterocycles. The average molecular weight is 533 g/mol. The highest BCUT2D eigenvalue weighted by atomic mass is 19.2. The number of fused-ring (bicyclic) bond motifs is 8. The van der Waals surface area contributed by atoms with Gasteiger partial charge in [0.25, 0.3) is 0 Å². The topological polar surface area (TPSA) is 0 Å². The van der Waals surface area contributed by atoms with Crippen LogP contribution in [0.2, 0.25) is 0 Å². The van der Waals surface area contributed by atoms with Crippen LogP contribution >= 0.6 is 0 Å². The van der Waals surface area contributed by atoms with Crippen LogP contribution in [0.25, 0.3) is 65.7 Å². The van der Waals surface area contributed by atoms with Gasteiger partial charge in [-0.05, 0) is 101 Å². The molecule has 196 valence electrons. The lowest BCUT2D eigenvalue weighted by Crippen LogP contribution is -2.15. The van der Waals surface area contributed by atoms with Gasteiger partial charge in [-0.1, -0.05) is 111 Å². The molecule has 7 aromatic rings. The minimum absolute atomic E-state index is 0.237. The lowest BCUT2D eigenvalue weighted by atomic mass is 9.80. The van der Waals surface area contributed by atoms with Gasteiger partial charge in [-0.3, -0.25) is 0 Å². The first-order valence-electron chi connectivity index (χ1n) is 14.0. The molecule has 2 heteroatoms. The van der Waals surface area contributed by atoms with Crippen LogP contribution in [-0.4, -0.2) is 0 Å². The van der Waals surface area contributed by atoms with Gasteiger partial charge in [0.2, 0.25) is 0 Å². The molecule has 0 fully saturated rings. The number of halogens is 2. The van der Waals surface area contributed by atoms with Gasteiger partial charge in [-0.15, -0.1) is 0 Å². The zero-order chi connectivity index (χ0) is 27.9. The fourth-order valence-electron chi connectivity index (χ4n) is 6.96. The molecule has 0 saturated carbocycles. The molecule has 8 rings (SSSR count). The molecule has 1 aliphatic carbocycles. The molecule has 0 bridgehead atoms. The maximum atomic E-state index is 15.0. The van der Waals surface area contributed by atoms with E-state index in [2.05, 4.69) is 98.8 Å². The highest BCUT2D eigenvalue weighted by molar-refractivity contribution is 6.15. The van der Waals surface area contributed by atoms with E-state index >= 15 is 0 Å². The van der Waals surface area contributed by atoms with Crippen molar-refractivity contribution in [1.82, 2.24) is 0 Å². The predicted molar refractivity (Wildman–Crippen MR) is 167 cm³/mol. The molecule has 7 aromatic carbocycles. The molecule has 0 N–H and O–H groups in total. The Morgan fingerprint density at radius 2 is 1.07 bits per heavy atom. The Hall–Kier alpha value is -4.82. The Kier molecular flexibility index (Phi) is 5.03. The zero-order valence-electron chi connectivity index (χ0n) is 22.8. The summed E-state index contributed by atoms with van der Waals surface area (Å²) in [5.41, 5.74) is 7.84. The highest BCUT2D eigenvalue weighted by Gasteiger charge is 2.36. The van der Waals surface area contributed by atoms with Crippen LogP contribution in [0.15, 0.2) is 121 Å². The molecule has 0 spiro atoms. The van der Waals surface area contributed by atoms with Gasteiger partial charge in [-0.2, -0.15) is 0 Å². The Balaban J connectivity index is 1.40. The van der Waals surface area contributed by atoms with E-state index in [4.69, 9.17) is 0 Å². The molecular formula is C39H26F2. The summed E-state index contributed by atoms with van der Waals surface area (Å²) >= 11 is 0. The predicted octanol–water partition coefficient (Wildman–Crippen LogP) is 11.1. The second-order valence-electron chi connectivity index (χ2n) is 11.6. The van der Waals surface area contributed by atoms with Crippen LogP contribution in [-0.2, 0) is 5.41 Å². The first-order valence-corrected chi connectivity index (χ1v) is 14.0. The van der Waals surface area contributed by atoms with E-state index in [0.717, 1.165) is 32.7 Å². The third-order valence-corrected chi connectivity index (χ3v) is 8.99. The molecule has 0 radical (unpaired) electrons. The quantitative estimate of drug-likeness (QED) is 0.194. The van der Waals surface area contributed by atoms with E-state index in [1.165, 1.54) is 45.2 Å². The maximum Gasteiger partial charge on any atom is 0.159 e. The Morgan fingerprint density at radius 1 is 0.439 bits per heavy atom. The van der Waals surface area contributed by atoms with Gasteiger partial charge < -0.3 is 0 Å². The summed E-state index contributed by atoms with van der Waals surface area (Å²) in [6, 6.07) is 40.6. The lowest BCUT2D eigenvalue weighted by Gasteiger charge is -2.23. The summed E-state index contributed by atoms with van der Waals surface area (Å²) in [6.07, 6.45) is 0. The Labute approximate surface area is 237 Å². The van der Waals surface area contributed by atoms with Crippen LogP contribution in [0.5, 0.6) is 0 Å². The van der Waals surface area contributed by atoms with E-state index < -0.39 is 11.6 Å². The van der Waals surface area contributed by atoms with Crippen molar-refractivity contribution in [3.63, 3.8) is 0 Å². The molecule has 41 heavy (non-hydrogen) atoms. The van der Waals surface area contributed by atoms with Crippen molar-refractivity contribution in [1.29, 1.82) is 0 Å². The number of hydrogen-bond donors (Lipinski definition) is 0. The van der Waals surface area contributed by atoms with Crippen molar-refractivity contribution < 1.29 is 8.78 Å². The normalized spacial score (nSPS) is 13.6. The van der Waals surface area contributed by atoms with Crippen LogP contribution in [0.4, 0.5) is 8.78 Å². The molecule has 0 atom stereocenters. The van der Waals surface area contributed by atoms with Crippen molar-refractivity contribution in [2.24, 2.45) is 0 Å². The molecule has 0 heterocycles.